The molecule has 2 N–H and O–H groups in total. The summed E-state index contributed by atoms with van der Waals surface area (Å²) in [5, 5.41) is 0. The topological polar surface area (TPSA) is 26.0 Å². The molecule has 0 saturated heterocycles. The van der Waals surface area contributed by atoms with Crippen LogP contribution in [0.25, 0.3) is 0 Å². The second-order valence-electron chi connectivity index (χ2n) is 4.25. The van der Waals surface area contributed by atoms with Crippen molar-refractivity contribution in [1.82, 2.24) is 0 Å². The lowest BCUT2D eigenvalue weighted by molar-refractivity contribution is 0.491. The van der Waals surface area contributed by atoms with Crippen LogP contribution < -0.4 is 5.73 Å². The quantitative estimate of drug-likeness (QED) is 0.863. The Morgan fingerprint density at radius 1 is 1.12 bits per heavy atom. The zero-order valence-electron chi connectivity index (χ0n) is 9.54. The summed E-state index contributed by atoms with van der Waals surface area (Å²) in [5.41, 5.74) is 6.53. The van der Waals surface area contributed by atoms with E-state index in [-0.39, 0.29) is 18.4 Å². The van der Waals surface area contributed by atoms with E-state index in [1.807, 2.05) is 0 Å². The molecule has 16 heavy (non-hydrogen) atoms. The van der Waals surface area contributed by atoms with E-state index in [4.69, 9.17) is 5.73 Å². The summed E-state index contributed by atoms with van der Waals surface area (Å²) in [6, 6.07) is 3.64. The van der Waals surface area contributed by atoms with Crippen LogP contribution in [0, 0.1) is 17.6 Å². The number of benzene rings is 1. The highest BCUT2D eigenvalue weighted by Gasteiger charge is 2.10. The van der Waals surface area contributed by atoms with Gasteiger partial charge in [0.25, 0.3) is 0 Å². The molecule has 0 aliphatic carbocycles. The minimum absolute atomic E-state index is 0. The monoisotopic (exact) mass is 249 g/mol. The van der Waals surface area contributed by atoms with Crippen molar-refractivity contribution < 1.29 is 8.78 Å². The van der Waals surface area contributed by atoms with Gasteiger partial charge in [-0.25, -0.2) is 8.78 Å². The van der Waals surface area contributed by atoms with E-state index in [0.29, 0.717) is 11.5 Å². The standard InChI is InChI=1S/C12H17F2N.ClH/c1-8(2)3-6-12(15)9-4-5-10(13)11(14)7-9;/h4-5,7-8,12H,3,6,15H2,1-2H3;1H/t12-;/m1./s1. The molecule has 0 saturated carbocycles. The average Bonchev–Trinajstić information content (AvgIpc) is 2.18. The van der Waals surface area contributed by atoms with Gasteiger partial charge in [-0.3, -0.25) is 0 Å². The first-order valence-electron chi connectivity index (χ1n) is 5.21. The van der Waals surface area contributed by atoms with E-state index in [0.717, 1.165) is 18.9 Å². The van der Waals surface area contributed by atoms with Crippen LogP contribution in [0.3, 0.4) is 0 Å². The number of hydrogen-bond donors (Lipinski definition) is 1. The van der Waals surface area contributed by atoms with Gasteiger partial charge in [-0.2, -0.15) is 0 Å². The molecule has 1 aromatic carbocycles. The molecule has 0 amide bonds. The first-order chi connectivity index (χ1) is 7.00. The number of nitrogens with two attached hydrogens (primary N) is 1. The van der Waals surface area contributed by atoms with Crippen molar-refractivity contribution in [3.8, 4) is 0 Å². The second kappa shape index (κ2) is 6.81. The Bertz CT molecular complexity index is 329. The first kappa shape index (κ1) is 15.3. The molecule has 0 unspecified atom stereocenters. The highest BCUT2D eigenvalue weighted by Crippen LogP contribution is 2.20. The van der Waals surface area contributed by atoms with E-state index >= 15 is 0 Å². The normalized spacial score (nSPS) is 12.4. The van der Waals surface area contributed by atoms with Gasteiger partial charge < -0.3 is 5.73 Å². The van der Waals surface area contributed by atoms with Crippen molar-refractivity contribution in [2.75, 3.05) is 0 Å². The summed E-state index contributed by atoms with van der Waals surface area (Å²) in [6.45, 7) is 4.22. The molecular weight excluding hydrogens is 232 g/mol. The summed E-state index contributed by atoms with van der Waals surface area (Å²) < 4.78 is 25.6. The SMILES string of the molecule is CC(C)CC[C@@H](N)c1ccc(F)c(F)c1.Cl. The van der Waals surface area contributed by atoms with Gasteiger partial charge in [0, 0.05) is 6.04 Å². The van der Waals surface area contributed by atoms with E-state index in [1.165, 1.54) is 6.07 Å². The number of hydrogen-bond acceptors (Lipinski definition) is 1. The van der Waals surface area contributed by atoms with E-state index in [1.54, 1.807) is 6.07 Å². The van der Waals surface area contributed by atoms with Crippen molar-refractivity contribution in [2.24, 2.45) is 11.7 Å². The molecule has 0 aliphatic rings. The molecule has 0 fully saturated rings. The van der Waals surface area contributed by atoms with Crippen molar-refractivity contribution >= 4 is 12.4 Å². The molecule has 0 heterocycles. The van der Waals surface area contributed by atoms with Crippen LogP contribution in [0.2, 0.25) is 0 Å². The molecule has 0 spiro atoms. The van der Waals surface area contributed by atoms with Crippen LogP contribution in [0.15, 0.2) is 18.2 Å². The molecule has 0 bridgehead atoms. The van der Waals surface area contributed by atoms with E-state index < -0.39 is 11.6 Å². The summed E-state index contributed by atoms with van der Waals surface area (Å²) in [7, 11) is 0. The van der Waals surface area contributed by atoms with Crippen LogP contribution >= 0.6 is 12.4 Å². The summed E-state index contributed by atoms with van der Waals surface area (Å²) in [4.78, 5) is 0. The van der Waals surface area contributed by atoms with Crippen molar-refractivity contribution in [3.63, 3.8) is 0 Å². The highest BCUT2D eigenvalue weighted by atomic mass is 35.5. The minimum Gasteiger partial charge on any atom is -0.324 e. The smallest absolute Gasteiger partial charge is 0.159 e. The predicted molar refractivity (Wildman–Crippen MR) is 64.6 cm³/mol. The number of rotatable bonds is 4. The Labute approximate surface area is 101 Å². The Balaban J connectivity index is 0.00000225. The van der Waals surface area contributed by atoms with Crippen molar-refractivity contribution in [2.45, 2.75) is 32.7 Å². The van der Waals surface area contributed by atoms with Gasteiger partial charge in [-0.05, 0) is 36.5 Å². The maximum atomic E-state index is 12.9. The summed E-state index contributed by atoms with van der Waals surface area (Å²) in [6.07, 6.45) is 1.78. The largest absolute Gasteiger partial charge is 0.324 e. The fourth-order valence-electron chi connectivity index (χ4n) is 1.42. The molecule has 0 radical (unpaired) electrons. The third kappa shape index (κ3) is 4.45. The Morgan fingerprint density at radius 3 is 2.25 bits per heavy atom. The second-order valence-corrected chi connectivity index (χ2v) is 4.25. The Morgan fingerprint density at radius 2 is 1.75 bits per heavy atom. The van der Waals surface area contributed by atoms with E-state index in [9.17, 15) is 8.78 Å². The molecule has 1 nitrogen and oxygen atoms in total. The maximum absolute atomic E-state index is 12.9. The molecule has 0 aromatic heterocycles. The van der Waals surface area contributed by atoms with Crippen molar-refractivity contribution in [3.05, 3.63) is 35.4 Å². The molecule has 1 rings (SSSR count). The van der Waals surface area contributed by atoms with Gasteiger partial charge in [0.05, 0.1) is 0 Å². The third-order valence-corrected chi connectivity index (χ3v) is 2.43. The summed E-state index contributed by atoms with van der Waals surface area (Å²) in [5.74, 6) is -1.08. The first-order valence-corrected chi connectivity index (χ1v) is 5.21. The van der Waals surface area contributed by atoms with Crippen LogP contribution in [0.5, 0.6) is 0 Å². The van der Waals surface area contributed by atoms with Gasteiger partial charge >= 0.3 is 0 Å². The summed E-state index contributed by atoms with van der Waals surface area (Å²) >= 11 is 0. The lowest BCUT2D eigenvalue weighted by Gasteiger charge is -2.13. The lowest BCUT2D eigenvalue weighted by Crippen LogP contribution is -2.11. The average molecular weight is 250 g/mol. The van der Waals surface area contributed by atoms with Crippen LogP contribution in [0.4, 0.5) is 8.78 Å². The zero-order valence-corrected chi connectivity index (χ0v) is 10.4. The van der Waals surface area contributed by atoms with Crippen LogP contribution in [-0.4, -0.2) is 0 Å². The third-order valence-electron chi connectivity index (χ3n) is 2.43. The maximum Gasteiger partial charge on any atom is 0.159 e. The van der Waals surface area contributed by atoms with Crippen LogP contribution in [0.1, 0.15) is 38.3 Å². The fourth-order valence-corrected chi connectivity index (χ4v) is 1.42. The molecule has 0 aliphatic heterocycles. The molecule has 1 aromatic rings. The Hall–Kier alpha value is -0.670. The molecule has 1 atom stereocenters. The van der Waals surface area contributed by atoms with Gasteiger partial charge in [-0.15, -0.1) is 12.4 Å². The van der Waals surface area contributed by atoms with E-state index in [2.05, 4.69) is 13.8 Å². The van der Waals surface area contributed by atoms with Crippen molar-refractivity contribution in [1.29, 1.82) is 0 Å². The fraction of sp³-hybridized carbons (Fsp3) is 0.500. The Kier molecular flexibility index (Phi) is 6.53. The molecule has 92 valence electrons. The van der Waals surface area contributed by atoms with Gasteiger partial charge in [0.2, 0.25) is 0 Å². The van der Waals surface area contributed by atoms with Gasteiger partial charge in [0.1, 0.15) is 0 Å². The lowest BCUT2D eigenvalue weighted by atomic mass is 9.98. The predicted octanol–water partition coefficient (Wildman–Crippen LogP) is 3.82. The molecular formula is C12H18ClF2N. The highest BCUT2D eigenvalue weighted by molar-refractivity contribution is 5.85. The van der Waals surface area contributed by atoms with Gasteiger partial charge in [-0.1, -0.05) is 19.9 Å². The van der Waals surface area contributed by atoms with Crippen LogP contribution in [-0.2, 0) is 0 Å². The number of halogens is 3. The zero-order chi connectivity index (χ0) is 11.4. The minimum atomic E-state index is -0.826. The van der Waals surface area contributed by atoms with Gasteiger partial charge in [0.15, 0.2) is 11.6 Å². The molecule has 4 heteroatoms.